The Balaban J connectivity index is 2.27. The third kappa shape index (κ3) is 2.79. The molecular weight excluding hydrogens is 183 g/mol. The van der Waals surface area contributed by atoms with Gasteiger partial charge in [0.15, 0.2) is 0 Å². The molecule has 4 heteroatoms. The number of hydrogen-bond donors (Lipinski definition) is 0. The molecule has 1 aliphatic rings. The fraction of sp³-hybridized carbons (Fsp3) is 1.00. The Bertz CT molecular complexity index is 113. The van der Waals surface area contributed by atoms with Crippen molar-refractivity contribution in [2.45, 2.75) is 18.8 Å². The fourth-order valence-corrected chi connectivity index (χ4v) is 1.58. The molecule has 66 valence electrons. The molecule has 1 aliphatic heterocycles. The van der Waals surface area contributed by atoms with E-state index in [9.17, 15) is 0 Å². The van der Waals surface area contributed by atoms with E-state index in [4.69, 9.17) is 23.4 Å². The van der Waals surface area contributed by atoms with Crippen molar-refractivity contribution < 1.29 is 0 Å². The van der Waals surface area contributed by atoms with Crippen molar-refractivity contribution >= 4 is 23.4 Å². The standard InChI is InChI=1S/C7H14Cl2N2/c1-2-7(8)10-3-5-11(9)6-4-10/h7H,2-6H2,1H3. The summed E-state index contributed by atoms with van der Waals surface area (Å²) < 4.78 is 1.82. The zero-order valence-corrected chi connectivity index (χ0v) is 8.28. The summed E-state index contributed by atoms with van der Waals surface area (Å²) in [5, 5.41) is 0. The lowest BCUT2D eigenvalue weighted by Crippen LogP contribution is -2.45. The maximum Gasteiger partial charge on any atom is 0.0848 e. The lowest BCUT2D eigenvalue weighted by atomic mass is 10.3. The van der Waals surface area contributed by atoms with Crippen molar-refractivity contribution in [1.82, 2.24) is 9.32 Å². The SMILES string of the molecule is CCC(Cl)N1CCN(Cl)CC1. The molecule has 11 heavy (non-hydrogen) atoms. The Labute approximate surface area is 78.2 Å². The summed E-state index contributed by atoms with van der Waals surface area (Å²) in [4.78, 5) is 2.26. The predicted molar refractivity (Wildman–Crippen MR) is 48.9 cm³/mol. The van der Waals surface area contributed by atoms with Gasteiger partial charge in [-0.05, 0) is 18.2 Å². The first-order valence-electron chi connectivity index (χ1n) is 4.03. The minimum absolute atomic E-state index is 0.195. The van der Waals surface area contributed by atoms with Gasteiger partial charge < -0.3 is 0 Å². The van der Waals surface area contributed by atoms with E-state index in [-0.39, 0.29) is 5.50 Å². The Morgan fingerprint density at radius 2 is 1.82 bits per heavy atom. The van der Waals surface area contributed by atoms with Crippen LogP contribution in [0.15, 0.2) is 0 Å². The fourth-order valence-electron chi connectivity index (χ4n) is 1.24. The quantitative estimate of drug-likeness (QED) is 0.378. The van der Waals surface area contributed by atoms with Crippen molar-refractivity contribution in [2.75, 3.05) is 26.2 Å². The average molecular weight is 197 g/mol. The van der Waals surface area contributed by atoms with Crippen molar-refractivity contribution in [1.29, 1.82) is 0 Å². The van der Waals surface area contributed by atoms with Gasteiger partial charge in [-0.2, -0.15) is 0 Å². The molecule has 1 fully saturated rings. The number of alkyl halides is 1. The monoisotopic (exact) mass is 196 g/mol. The van der Waals surface area contributed by atoms with Crippen LogP contribution in [0, 0.1) is 0 Å². The topological polar surface area (TPSA) is 6.48 Å². The second-order valence-electron chi connectivity index (χ2n) is 2.79. The summed E-state index contributed by atoms with van der Waals surface area (Å²) >= 11 is 11.8. The maximum atomic E-state index is 6.06. The largest absolute Gasteiger partial charge is 0.285 e. The molecule has 1 saturated heterocycles. The molecule has 0 N–H and O–H groups in total. The Hall–Kier alpha value is 0.500. The number of rotatable bonds is 2. The summed E-state index contributed by atoms with van der Waals surface area (Å²) in [6.07, 6.45) is 1.00. The van der Waals surface area contributed by atoms with Crippen LogP contribution in [-0.4, -0.2) is 41.0 Å². The summed E-state index contributed by atoms with van der Waals surface area (Å²) in [6, 6.07) is 0. The van der Waals surface area contributed by atoms with Crippen molar-refractivity contribution in [2.24, 2.45) is 0 Å². The molecule has 0 amide bonds. The first-order chi connectivity index (χ1) is 5.24. The van der Waals surface area contributed by atoms with E-state index in [1.54, 1.807) is 0 Å². The Morgan fingerprint density at radius 1 is 1.27 bits per heavy atom. The van der Waals surface area contributed by atoms with Crippen LogP contribution in [0.4, 0.5) is 0 Å². The highest BCUT2D eigenvalue weighted by Gasteiger charge is 2.19. The van der Waals surface area contributed by atoms with Gasteiger partial charge in [-0.3, -0.25) is 4.90 Å². The second-order valence-corrected chi connectivity index (χ2v) is 3.77. The van der Waals surface area contributed by atoms with E-state index in [1.807, 2.05) is 4.42 Å². The van der Waals surface area contributed by atoms with Crippen molar-refractivity contribution in [3.8, 4) is 0 Å². The van der Waals surface area contributed by atoms with Crippen LogP contribution in [0.5, 0.6) is 0 Å². The molecule has 1 rings (SSSR count). The molecule has 0 aromatic heterocycles. The molecule has 1 atom stereocenters. The van der Waals surface area contributed by atoms with Gasteiger partial charge in [0.05, 0.1) is 5.50 Å². The predicted octanol–water partition coefficient (Wildman–Crippen LogP) is 1.73. The van der Waals surface area contributed by atoms with Gasteiger partial charge in [-0.1, -0.05) is 6.92 Å². The number of hydrogen-bond acceptors (Lipinski definition) is 2. The van der Waals surface area contributed by atoms with Crippen LogP contribution < -0.4 is 0 Å². The van der Waals surface area contributed by atoms with Crippen LogP contribution in [-0.2, 0) is 0 Å². The highest BCUT2D eigenvalue weighted by molar-refractivity contribution is 6.20. The van der Waals surface area contributed by atoms with Gasteiger partial charge in [-0.25, -0.2) is 4.42 Å². The highest BCUT2D eigenvalue weighted by Crippen LogP contribution is 2.12. The van der Waals surface area contributed by atoms with Crippen LogP contribution in [0.25, 0.3) is 0 Å². The Morgan fingerprint density at radius 3 is 2.27 bits per heavy atom. The highest BCUT2D eigenvalue weighted by atomic mass is 35.5. The van der Waals surface area contributed by atoms with Crippen LogP contribution in [0.2, 0.25) is 0 Å². The molecule has 0 saturated carbocycles. The summed E-state index contributed by atoms with van der Waals surface area (Å²) in [5.41, 5.74) is 0.195. The van der Waals surface area contributed by atoms with Crippen LogP contribution >= 0.6 is 23.4 Å². The first-order valence-corrected chi connectivity index (χ1v) is 4.80. The smallest absolute Gasteiger partial charge is 0.0848 e. The Kier molecular flexibility index (Phi) is 3.93. The zero-order valence-electron chi connectivity index (χ0n) is 6.76. The number of nitrogens with zero attached hydrogens (tertiary/aromatic N) is 2. The molecular formula is C7H14Cl2N2. The minimum Gasteiger partial charge on any atom is -0.285 e. The summed E-state index contributed by atoms with van der Waals surface area (Å²) in [5.74, 6) is 0. The van der Waals surface area contributed by atoms with Crippen LogP contribution in [0.1, 0.15) is 13.3 Å². The molecule has 0 aromatic carbocycles. The van der Waals surface area contributed by atoms with Gasteiger partial charge in [0.2, 0.25) is 0 Å². The molecule has 0 radical (unpaired) electrons. The third-order valence-electron chi connectivity index (χ3n) is 1.99. The van der Waals surface area contributed by atoms with Gasteiger partial charge in [0.25, 0.3) is 0 Å². The number of piperazine rings is 1. The number of halogens is 2. The van der Waals surface area contributed by atoms with Gasteiger partial charge in [-0.15, -0.1) is 11.6 Å². The molecule has 0 aromatic rings. The minimum atomic E-state index is 0.195. The molecule has 0 spiro atoms. The van der Waals surface area contributed by atoms with E-state index >= 15 is 0 Å². The van der Waals surface area contributed by atoms with E-state index in [0.29, 0.717) is 0 Å². The van der Waals surface area contributed by atoms with Gasteiger partial charge >= 0.3 is 0 Å². The van der Waals surface area contributed by atoms with Crippen molar-refractivity contribution in [3.63, 3.8) is 0 Å². The maximum absolute atomic E-state index is 6.06. The molecule has 1 heterocycles. The van der Waals surface area contributed by atoms with Gasteiger partial charge in [0.1, 0.15) is 0 Å². The average Bonchev–Trinajstić information content (AvgIpc) is 2.05. The second kappa shape index (κ2) is 4.51. The molecule has 0 aliphatic carbocycles. The van der Waals surface area contributed by atoms with E-state index in [2.05, 4.69) is 11.8 Å². The van der Waals surface area contributed by atoms with E-state index in [0.717, 1.165) is 32.6 Å². The van der Waals surface area contributed by atoms with Gasteiger partial charge in [0, 0.05) is 26.2 Å². The normalized spacial score (nSPS) is 25.4. The molecule has 0 bridgehead atoms. The zero-order chi connectivity index (χ0) is 8.27. The van der Waals surface area contributed by atoms with Crippen molar-refractivity contribution in [3.05, 3.63) is 0 Å². The lowest BCUT2D eigenvalue weighted by Gasteiger charge is -2.33. The van der Waals surface area contributed by atoms with E-state index < -0.39 is 0 Å². The summed E-state index contributed by atoms with van der Waals surface area (Å²) in [6.45, 7) is 5.93. The third-order valence-corrected chi connectivity index (χ3v) is 2.92. The lowest BCUT2D eigenvalue weighted by molar-refractivity contribution is 0.174. The van der Waals surface area contributed by atoms with E-state index in [1.165, 1.54) is 0 Å². The molecule has 1 unspecified atom stereocenters. The summed E-state index contributed by atoms with van der Waals surface area (Å²) in [7, 11) is 0. The van der Waals surface area contributed by atoms with Crippen LogP contribution in [0.3, 0.4) is 0 Å². The molecule has 2 nitrogen and oxygen atoms in total. The first kappa shape index (κ1) is 9.59.